The van der Waals surface area contributed by atoms with E-state index in [1.807, 2.05) is 29.3 Å². The molecule has 1 aromatic carbocycles. The molecule has 2 N–H and O–H groups in total. The normalized spacial score (nSPS) is 26.5. The number of carbonyl (C=O) groups is 1. The molecule has 1 aliphatic heterocycles. The SMILES string of the molecule is CC1(O)CCC(N2CCC(Cc3ccc(OCc4csc(CO)n4)cc3Cl)C2=O)CC1. The third-order valence-electron chi connectivity index (χ3n) is 6.44. The van der Waals surface area contributed by atoms with Crippen LogP contribution in [0.4, 0.5) is 0 Å². The van der Waals surface area contributed by atoms with Crippen LogP contribution < -0.4 is 4.74 Å². The number of hydrogen-bond donors (Lipinski definition) is 2. The van der Waals surface area contributed by atoms with E-state index < -0.39 is 5.60 Å². The largest absolute Gasteiger partial charge is 0.487 e. The number of aliphatic hydroxyl groups excluding tert-OH is 1. The van der Waals surface area contributed by atoms with Crippen molar-refractivity contribution < 1.29 is 19.7 Å². The highest BCUT2D eigenvalue weighted by Gasteiger charge is 2.39. The Morgan fingerprint density at radius 2 is 2.10 bits per heavy atom. The van der Waals surface area contributed by atoms with E-state index in [1.165, 1.54) is 11.3 Å². The van der Waals surface area contributed by atoms with Crippen LogP contribution in [0.15, 0.2) is 23.6 Å². The van der Waals surface area contributed by atoms with Gasteiger partial charge in [-0.05, 0) is 63.1 Å². The summed E-state index contributed by atoms with van der Waals surface area (Å²) in [7, 11) is 0. The number of thiazole rings is 1. The van der Waals surface area contributed by atoms with Crippen molar-refractivity contribution in [3.05, 3.63) is 44.9 Å². The van der Waals surface area contributed by atoms with Crippen LogP contribution in [-0.4, -0.2) is 44.2 Å². The number of benzene rings is 1. The Labute approximate surface area is 191 Å². The maximum Gasteiger partial charge on any atom is 0.226 e. The van der Waals surface area contributed by atoms with Crippen LogP contribution in [-0.2, 0) is 24.4 Å². The van der Waals surface area contributed by atoms with Gasteiger partial charge >= 0.3 is 0 Å². The summed E-state index contributed by atoms with van der Waals surface area (Å²) in [4.78, 5) is 19.3. The number of halogens is 1. The van der Waals surface area contributed by atoms with E-state index in [4.69, 9.17) is 21.4 Å². The molecule has 168 valence electrons. The maximum absolute atomic E-state index is 13.0. The Morgan fingerprint density at radius 3 is 2.77 bits per heavy atom. The van der Waals surface area contributed by atoms with E-state index >= 15 is 0 Å². The average Bonchev–Trinajstić information content (AvgIpc) is 3.35. The molecule has 4 rings (SSSR count). The van der Waals surface area contributed by atoms with Gasteiger partial charge < -0.3 is 19.8 Å². The first-order valence-corrected chi connectivity index (χ1v) is 12.1. The van der Waals surface area contributed by atoms with E-state index in [0.29, 0.717) is 28.8 Å². The van der Waals surface area contributed by atoms with Crippen LogP contribution in [0, 0.1) is 5.92 Å². The van der Waals surface area contributed by atoms with Gasteiger partial charge in [0.1, 0.15) is 17.4 Å². The first kappa shape index (κ1) is 22.5. The fourth-order valence-corrected chi connectivity index (χ4v) is 5.43. The van der Waals surface area contributed by atoms with Gasteiger partial charge in [0.25, 0.3) is 0 Å². The van der Waals surface area contributed by atoms with Crippen molar-refractivity contribution in [3.8, 4) is 5.75 Å². The molecule has 1 saturated carbocycles. The van der Waals surface area contributed by atoms with E-state index in [-0.39, 0.29) is 24.5 Å². The second kappa shape index (κ2) is 9.45. The Morgan fingerprint density at radius 1 is 1.32 bits per heavy atom. The Bertz CT molecular complexity index is 922. The minimum atomic E-state index is -0.587. The lowest BCUT2D eigenvalue weighted by Gasteiger charge is -2.37. The highest BCUT2D eigenvalue weighted by molar-refractivity contribution is 7.09. The molecule has 8 heteroatoms. The van der Waals surface area contributed by atoms with Crippen molar-refractivity contribution >= 4 is 28.8 Å². The molecule has 2 heterocycles. The molecule has 2 aromatic rings. The van der Waals surface area contributed by atoms with Gasteiger partial charge in [0.2, 0.25) is 5.91 Å². The summed E-state index contributed by atoms with van der Waals surface area (Å²) in [5.41, 5.74) is 1.14. The summed E-state index contributed by atoms with van der Waals surface area (Å²) >= 11 is 7.90. The highest BCUT2D eigenvalue weighted by Crippen LogP contribution is 2.35. The summed E-state index contributed by atoms with van der Waals surface area (Å²) < 4.78 is 5.77. The van der Waals surface area contributed by atoms with E-state index in [9.17, 15) is 9.90 Å². The van der Waals surface area contributed by atoms with Crippen LogP contribution in [0.25, 0.3) is 0 Å². The summed E-state index contributed by atoms with van der Waals surface area (Å²) in [6.07, 6.45) is 4.72. The van der Waals surface area contributed by atoms with E-state index in [0.717, 1.165) is 49.9 Å². The number of hydrogen-bond acceptors (Lipinski definition) is 6. The topological polar surface area (TPSA) is 82.9 Å². The van der Waals surface area contributed by atoms with Crippen molar-refractivity contribution in [1.82, 2.24) is 9.88 Å². The molecule has 0 spiro atoms. The molecule has 1 unspecified atom stereocenters. The van der Waals surface area contributed by atoms with Crippen LogP contribution >= 0.6 is 22.9 Å². The fraction of sp³-hybridized carbons (Fsp3) is 0.565. The quantitative estimate of drug-likeness (QED) is 0.648. The van der Waals surface area contributed by atoms with Crippen molar-refractivity contribution in [1.29, 1.82) is 0 Å². The second-order valence-corrected chi connectivity index (χ2v) is 10.2. The van der Waals surface area contributed by atoms with Crippen molar-refractivity contribution in [3.63, 3.8) is 0 Å². The molecule has 2 fully saturated rings. The number of nitrogens with zero attached hydrogens (tertiary/aromatic N) is 2. The third kappa shape index (κ3) is 5.40. The van der Waals surface area contributed by atoms with Gasteiger partial charge in [0, 0.05) is 28.9 Å². The molecule has 0 bridgehead atoms. The van der Waals surface area contributed by atoms with Crippen molar-refractivity contribution in [2.75, 3.05) is 6.54 Å². The maximum atomic E-state index is 13.0. The summed E-state index contributed by atoms with van der Waals surface area (Å²) in [5.74, 6) is 0.825. The minimum Gasteiger partial charge on any atom is -0.487 e. The highest BCUT2D eigenvalue weighted by atomic mass is 35.5. The third-order valence-corrected chi connectivity index (χ3v) is 7.67. The first-order valence-electron chi connectivity index (χ1n) is 10.8. The van der Waals surface area contributed by atoms with Gasteiger partial charge in [0.15, 0.2) is 0 Å². The average molecular weight is 465 g/mol. The van der Waals surface area contributed by atoms with Gasteiger partial charge in [-0.2, -0.15) is 0 Å². The van der Waals surface area contributed by atoms with E-state index in [2.05, 4.69) is 4.98 Å². The lowest BCUT2D eigenvalue weighted by molar-refractivity contribution is -0.134. The van der Waals surface area contributed by atoms with Crippen LogP contribution in [0.3, 0.4) is 0 Å². The van der Waals surface area contributed by atoms with Crippen molar-refractivity contribution in [2.24, 2.45) is 5.92 Å². The fourth-order valence-electron chi connectivity index (χ4n) is 4.55. The number of carbonyl (C=O) groups excluding carboxylic acids is 1. The predicted molar refractivity (Wildman–Crippen MR) is 120 cm³/mol. The van der Waals surface area contributed by atoms with Crippen LogP contribution in [0.1, 0.15) is 55.3 Å². The lowest BCUT2D eigenvalue weighted by Crippen LogP contribution is -2.43. The molecule has 1 aromatic heterocycles. The standard InChI is InChI=1S/C23H29ClN2O4S/c1-23(29)7-4-18(5-8-23)26-9-6-16(22(26)28)10-15-2-3-19(11-20(15)24)30-13-17-14-31-21(12-27)25-17/h2-3,11,14,16,18,27,29H,4-10,12-13H2,1H3. The molecule has 2 aliphatic rings. The summed E-state index contributed by atoms with van der Waals surface area (Å²) in [6.45, 7) is 2.93. The number of amides is 1. The second-order valence-electron chi connectivity index (χ2n) is 8.88. The molecule has 1 aliphatic carbocycles. The summed E-state index contributed by atoms with van der Waals surface area (Å²) in [5, 5.41) is 22.4. The number of aromatic nitrogens is 1. The van der Waals surface area contributed by atoms with E-state index in [1.54, 1.807) is 6.07 Å². The lowest BCUT2D eigenvalue weighted by atomic mass is 9.83. The Balaban J connectivity index is 1.32. The molecular formula is C23H29ClN2O4S. The monoisotopic (exact) mass is 464 g/mol. The molecular weight excluding hydrogens is 436 g/mol. The molecule has 31 heavy (non-hydrogen) atoms. The van der Waals surface area contributed by atoms with Crippen LogP contribution in [0.2, 0.25) is 5.02 Å². The van der Waals surface area contributed by atoms with Gasteiger partial charge in [-0.25, -0.2) is 4.98 Å². The zero-order valence-electron chi connectivity index (χ0n) is 17.7. The van der Waals surface area contributed by atoms with Crippen LogP contribution in [0.5, 0.6) is 5.75 Å². The molecule has 1 atom stereocenters. The number of likely N-dealkylation sites (tertiary alicyclic amines) is 1. The summed E-state index contributed by atoms with van der Waals surface area (Å²) in [6, 6.07) is 5.85. The van der Waals surface area contributed by atoms with Gasteiger partial charge in [-0.1, -0.05) is 17.7 Å². The zero-order valence-corrected chi connectivity index (χ0v) is 19.3. The molecule has 1 saturated heterocycles. The number of rotatable bonds is 7. The first-order chi connectivity index (χ1) is 14.8. The smallest absolute Gasteiger partial charge is 0.226 e. The molecule has 0 radical (unpaired) electrons. The van der Waals surface area contributed by atoms with Gasteiger partial charge in [-0.15, -0.1) is 11.3 Å². The zero-order chi connectivity index (χ0) is 22.0. The molecule has 1 amide bonds. The number of aliphatic hydroxyl groups is 2. The number of ether oxygens (including phenoxy) is 1. The van der Waals surface area contributed by atoms with Crippen molar-refractivity contribution in [2.45, 2.75) is 70.3 Å². The minimum absolute atomic E-state index is 0.0429. The molecule has 6 nitrogen and oxygen atoms in total. The van der Waals surface area contributed by atoms with Gasteiger partial charge in [-0.3, -0.25) is 4.79 Å². The predicted octanol–water partition coefficient (Wildman–Crippen LogP) is 3.95. The van der Waals surface area contributed by atoms with Gasteiger partial charge in [0.05, 0.1) is 17.9 Å². The Hall–Kier alpha value is -1.67. The Kier molecular flexibility index (Phi) is 6.86.